The largest absolute Gasteiger partial charge is 0.457 e. The third kappa shape index (κ3) is 3.47. The van der Waals surface area contributed by atoms with Crippen LogP contribution in [0.1, 0.15) is 24.1 Å². The zero-order valence-corrected chi connectivity index (χ0v) is 11.4. The molecule has 1 atom stereocenters. The lowest BCUT2D eigenvalue weighted by Crippen LogP contribution is -2.05. The Morgan fingerprint density at radius 2 is 1.95 bits per heavy atom. The predicted molar refractivity (Wildman–Crippen MR) is 76.5 cm³/mol. The topological polar surface area (TPSA) is 55.5 Å². The van der Waals surface area contributed by atoms with Gasteiger partial charge in [0.1, 0.15) is 11.5 Å². The third-order valence-electron chi connectivity index (χ3n) is 2.78. The van der Waals surface area contributed by atoms with E-state index < -0.39 is 0 Å². The van der Waals surface area contributed by atoms with Crippen molar-refractivity contribution in [2.75, 3.05) is 0 Å². The minimum Gasteiger partial charge on any atom is -0.457 e. The van der Waals surface area contributed by atoms with Gasteiger partial charge in [-0.2, -0.15) is 0 Å². The van der Waals surface area contributed by atoms with Crippen LogP contribution in [0.3, 0.4) is 0 Å². The number of ether oxygens (including phenoxy) is 1. The second kappa shape index (κ2) is 6.06. The number of aliphatic hydroxyl groups is 1. The Bertz CT molecular complexity index is 570. The van der Waals surface area contributed by atoms with Crippen molar-refractivity contribution in [3.63, 3.8) is 0 Å². The van der Waals surface area contributed by atoms with Gasteiger partial charge in [-0.3, -0.25) is 0 Å². The van der Waals surface area contributed by atoms with Crippen LogP contribution in [0.2, 0.25) is 5.02 Å². The molecule has 0 spiro atoms. The number of hydrogen-bond donors (Lipinski definition) is 2. The maximum atomic E-state index is 9.08. The van der Waals surface area contributed by atoms with Crippen molar-refractivity contribution in [2.45, 2.75) is 19.6 Å². The molecule has 4 heteroatoms. The molecule has 0 aromatic heterocycles. The van der Waals surface area contributed by atoms with E-state index in [1.807, 2.05) is 37.3 Å². The van der Waals surface area contributed by atoms with Gasteiger partial charge in [0, 0.05) is 11.1 Å². The quantitative estimate of drug-likeness (QED) is 0.897. The van der Waals surface area contributed by atoms with Crippen molar-refractivity contribution in [1.29, 1.82) is 0 Å². The zero-order chi connectivity index (χ0) is 13.8. The molecular weight excluding hydrogens is 262 g/mol. The molecule has 0 radical (unpaired) electrons. The molecule has 0 aliphatic rings. The summed E-state index contributed by atoms with van der Waals surface area (Å²) in [6.07, 6.45) is 0. The van der Waals surface area contributed by atoms with E-state index in [1.165, 1.54) is 0 Å². The number of aliphatic hydroxyl groups excluding tert-OH is 1. The molecule has 0 fully saturated rings. The average Bonchev–Trinajstić information content (AvgIpc) is 2.38. The zero-order valence-electron chi connectivity index (χ0n) is 10.6. The lowest BCUT2D eigenvalue weighted by molar-refractivity contribution is 0.281. The molecule has 2 aromatic carbocycles. The lowest BCUT2D eigenvalue weighted by Gasteiger charge is -2.11. The van der Waals surface area contributed by atoms with Gasteiger partial charge in [0.05, 0.1) is 6.61 Å². The molecular formula is C15H16ClNO2. The second-order valence-electron chi connectivity index (χ2n) is 4.38. The van der Waals surface area contributed by atoms with E-state index >= 15 is 0 Å². The van der Waals surface area contributed by atoms with Gasteiger partial charge >= 0.3 is 0 Å². The van der Waals surface area contributed by atoms with Gasteiger partial charge in [-0.15, -0.1) is 0 Å². The standard InChI is InChI=1S/C15H16ClNO2/c1-10(17)14-6-5-13(8-15(14)16)19-12-4-2-3-11(7-12)9-18/h2-8,10,18H,9,17H2,1H3. The molecule has 2 aromatic rings. The number of nitrogens with two attached hydrogens (primary N) is 1. The fourth-order valence-electron chi connectivity index (χ4n) is 1.78. The molecule has 0 aliphatic heterocycles. The molecule has 1 unspecified atom stereocenters. The summed E-state index contributed by atoms with van der Waals surface area (Å²) in [5.74, 6) is 1.31. The summed E-state index contributed by atoms with van der Waals surface area (Å²) in [6, 6.07) is 12.6. The first kappa shape index (κ1) is 13.9. The van der Waals surface area contributed by atoms with Gasteiger partial charge in [-0.05, 0) is 42.3 Å². The molecule has 0 aliphatic carbocycles. The number of benzene rings is 2. The van der Waals surface area contributed by atoms with E-state index in [-0.39, 0.29) is 12.6 Å². The Morgan fingerprint density at radius 1 is 1.21 bits per heavy atom. The van der Waals surface area contributed by atoms with Crippen molar-refractivity contribution in [1.82, 2.24) is 0 Å². The highest BCUT2D eigenvalue weighted by atomic mass is 35.5. The van der Waals surface area contributed by atoms with Crippen molar-refractivity contribution in [2.24, 2.45) is 5.73 Å². The Hall–Kier alpha value is -1.55. The number of rotatable bonds is 4. The van der Waals surface area contributed by atoms with Gasteiger partial charge in [0.2, 0.25) is 0 Å². The minimum atomic E-state index is -0.112. The summed E-state index contributed by atoms with van der Waals surface area (Å²) < 4.78 is 5.70. The summed E-state index contributed by atoms with van der Waals surface area (Å²) in [5, 5.41) is 9.67. The van der Waals surface area contributed by atoms with Crippen LogP contribution in [0.15, 0.2) is 42.5 Å². The van der Waals surface area contributed by atoms with E-state index in [0.29, 0.717) is 16.5 Å². The van der Waals surface area contributed by atoms with Crippen LogP contribution < -0.4 is 10.5 Å². The van der Waals surface area contributed by atoms with Gasteiger partial charge in [-0.25, -0.2) is 0 Å². The summed E-state index contributed by atoms with van der Waals surface area (Å²) >= 11 is 6.15. The average molecular weight is 278 g/mol. The molecule has 2 rings (SSSR count). The molecule has 0 heterocycles. The molecule has 100 valence electrons. The van der Waals surface area contributed by atoms with Gasteiger partial charge in [0.25, 0.3) is 0 Å². The molecule has 3 nitrogen and oxygen atoms in total. The highest BCUT2D eigenvalue weighted by Gasteiger charge is 2.07. The maximum absolute atomic E-state index is 9.08. The monoisotopic (exact) mass is 277 g/mol. The molecule has 3 N–H and O–H groups in total. The van der Waals surface area contributed by atoms with Gasteiger partial charge < -0.3 is 15.6 Å². The van der Waals surface area contributed by atoms with Crippen LogP contribution in [0, 0.1) is 0 Å². The first-order valence-electron chi connectivity index (χ1n) is 6.03. The molecule has 0 bridgehead atoms. The molecule has 19 heavy (non-hydrogen) atoms. The second-order valence-corrected chi connectivity index (χ2v) is 4.79. The Morgan fingerprint density at radius 3 is 2.58 bits per heavy atom. The first-order chi connectivity index (χ1) is 9.10. The summed E-state index contributed by atoms with van der Waals surface area (Å²) in [5.41, 5.74) is 7.49. The maximum Gasteiger partial charge on any atom is 0.128 e. The Labute approximate surface area is 117 Å². The van der Waals surface area contributed by atoms with E-state index in [0.717, 1.165) is 11.1 Å². The minimum absolute atomic E-state index is 0.0123. The highest BCUT2D eigenvalue weighted by molar-refractivity contribution is 6.31. The fourth-order valence-corrected chi connectivity index (χ4v) is 2.13. The first-order valence-corrected chi connectivity index (χ1v) is 6.40. The van der Waals surface area contributed by atoms with E-state index in [4.69, 9.17) is 27.2 Å². The summed E-state index contributed by atoms with van der Waals surface area (Å²) in [6.45, 7) is 1.87. The number of hydrogen-bond acceptors (Lipinski definition) is 3. The predicted octanol–water partition coefficient (Wildman–Crippen LogP) is 3.64. The summed E-state index contributed by atoms with van der Waals surface area (Å²) in [7, 11) is 0. The SMILES string of the molecule is CC(N)c1ccc(Oc2cccc(CO)c2)cc1Cl. The fraction of sp³-hybridized carbons (Fsp3) is 0.200. The highest BCUT2D eigenvalue weighted by Crippen LogP contribution is 2.29. The third-order valence-corrected chi connectivity index (χ3v) is 3.11. The van der Waals surface area contributed by atoms with Gasteiger partial charge in [-0.1, -0.05) is 29.8 Å². The van der Waals surface area contributed by atoms with Gasteiger partial charge in [0.15, 0.2) is 0 Å². The Kier molecular flexibility index (Phi) is 4.43. The lowest BCUT2D eigenvalue weighted by atomic mass is 10.1. The Balaban J connectivity index is 2.21. The number of halogens is 1. The van der Waals surface area contributed by atoms with Crippen LogP contribution >= 0.6 is 11.6 Å². The molecule has 0 saturated heterocycles. The van der Waals surface area contributed by atoms with Crippen molar-refractivity contribution < 1.29 is 9.84 Å². The van der Waals surface area contributed by atoms with E-state index in [1.54, 1.807) is 12.1 Å². The van der Waals surface area contributed by atoms with Crippen LogP contribution in [0.5, 0.6) is 11.5 Å². The molecule has 0 saturated carbocycles. The van der Waals surface area contributed by atoms with Crippen molar-refractivity contribution in [3.05, 3.63) is 58.6 Å². The van der Waals surface area contributed by atoms with Crippen LogP contribution in [0.4, 0.5) is 0 Å². The normalized spacial score (nSPS) is 12.2. The summed E-state index contributed by atoms with van der Waals surface area (Å²) in [4.78, 5) is 0. The molecule has 0 amide bonds. The van der Waals surface area contributed by atoms with Crippen molar-refractivity contribution >= 4 is 11.6 Å². The van der Waals surface area contributed by atoms with E-state index in [9.17, 15) is 0 Å². The van der Waals surface area contributed by atoms with Crippen LogP contribution in [-0.4, -0.2) is 5.11 Å². The van der Waals surface area contributed by atoms with Crippen LogP contribution in [0.25, 0.3) is 0 Å². The van der Waals surface area contributed by atoms with E-state index in [2.05, 4.69) is 0 Å². The van der Waals surface area contributed by atoms with Crippen molar-refractivity contribution in [3.8, 4) is 11.5 Å². The van der Waals surface area contributed by atoms with Crippen LogP contribution in [-0.2, 0) is 6.61 Å². The smallest absolute Gasteiger partial charge is 0.128 e.